The van der Waals surface area contributed by atoms with Crippen LogP contribution in [0.1, 0.15) is 20.3 Å². The Kier molecular flexibility index (Phi) is 4.30. The van der Waals surface area contributed by atoms with Gasteiger partial charge in [-0.15, -0.1) is 0 Å². The van der Waals surface area contributed by atoms with Crippen LogP contribution in [-0.4, -0.2) is 36.4 Å². The van der Waals surface area contributed by atoms with Gasteiger partial charge in [0, 0.05) is 22.2 Å². The van der Waals surface area contributed by atoms with Crippen LogP contribution >= 0.6 is 15.9 Å². The van der Waals surface area contributed by atoms with Gasteiger partial charge < -0.3 is 15.3 Å². The summed E-state index contributed by atoms with van der Waals surface area (Å²) in [6.07, 6.45) is 1.07. The Morgan fingerprint density at radius 2 is 2.06 bits per heavy atom. The molecule has 1 saturated heterocycles. The van der Waals surface area contributed by atoms with Crippen LogP contribution in [0, 0.1) is 0 Å². The van der Waals surface area contributed by atoms with Gasteiger partial charge in [0.25, 0.3) is 0 Å². The SMILES string of the molecule is CC1(C)CCNCC(CO)N1c1ccc(Br)cc1. The standard InChI is InChI=1S/C14H21BrN2O/c1-14(2)7-8-16-9-13(10-18)17(14)12-5-3-11(15)4-6-12/h3-6,13,16,18H,7-10H2,1-2H3. The second kappa shape index (κ2) is 5.59. The van der Waals surface area contributed by atoms with Crippen molar-refractivity contribution in [1.29, 1.82) is 0 Å². The lowest BCUT2D eigenvalue weighted by atomic mass is 9.96. The first-order valence-corrected chi connectivity index (χ1v) is 7.20. The highest BCUT2D eigenvalue weighted by molar-refractivity contribution is 9.10. The molecule has 0 amide bonds. The molecule has 1 aliphatic heterocycles. The third-order valence-corrected chi connectivity index (χ3v) is 4.16. The highest BCUT2D eigenvalue weighted by Crippen LogP contribution is 2.31. The molecule has 2 rings (SSSR count). The number of rotatable bonds is 2. The predicted molar refractivity (Wildman–Crippen MR) is 79.1 cm³/mol. The number of hydrogen-bond acceptors (Lipinski definition) is 3. The van der Waals surface area contributed by atoms with Gasteiger partial charge in [0.2, 0.25) is 0 Å². The molecule has 0 aliphatic carbocycles. The molecule has 1 heterocycles. The molecular formula is C14H21BrN2O. The molecule has 100 valence electrons. The van der Waals surface area contributed by atoms with Crippen LogP contribution in [0.2, 0.25) is 0 Å². The molecule has 18 heavy (non-hydrogen) atoms. The highest BCUT2D eigenvalue weighted by atomic mass is 79.9. The number of aliphatic hydroxyl groups excluding tert-OH is 1. The van der Waals surface area contributed by atoms with Crippen LogP contribution < -0.4 is 10.2 Å². The molecule has 4 heteroatoms. The van der Waals surface area contributed by atoms with Gasteiger partial charge in [0.05, 0.1) is 12.6 Å². The maximum Gasteiger partial charge on any atom is 0.0650 e. The Balaban J connectivity index is 2.36. The van der Waals surface area contributed by atoms with Crippen LogP contribution in [0.15, 0.2) is 28.7 Å². The molecule has 1 fully saturated rings. The molecule has 1 aromatic carbocycles. The fourth-order valence-electron chi connectivity index (χ4n) is 2.68. The summed E-state index contributed by atoms with van der Waals surface area (Å²) < 4.78 is 1.08. The van der Waals surface area contributed by atoms with Gasteiger partial charge in [-0.05, 0) is 51.1 Å². The summed E-state index contributed by atoms with van der Waals surface area (Å²) in [5.74, 6) is 0. The van der Waals surface area contributed by atoms with E-state index in [-0.39, 0.29) is 18.2 Å². The van der Waals surface area contributed by atoms with Crippen molar-refractivity contribution in [2.75, 3.05) is 24.6 Å². The van der Waals surface area contributed by atoms with Gasteiger partial charge in [0.15, 0.2) is 0 Å². The molecule has 3 nitrogen and oxygen atoms in total. The highest BCUT2D eigenvalue weighted by Gasteiger charge is 2.34. The summed E-state index contributed by atoms with van der Waals surface area (Å²) in [5.41, 5.74) is 1.22. The van der Waals surface area contributed by atoms with Gasteiger partial charge >= 0.3 is 0 Å². The lowest BCUT2D eigenvalue weighted by molar-refractivity contribution is 0.245. The number of aliphatic hydroxyl groups is 1. The van der Waals surface area contributed by atoms with E-state index < -0.39 is 0 Å². The Hall–Kier alpha value is -0.580. The molecule has 0 aromatic heterocycles. The van der Waals surface area contributed by atoms with E-state index in [1.54, 1.807) is 0 Å². The number of hydrogen-bond donors (Lipinski definition) is 2. The van der Waals surface area contributed by atoms with Crippen LogP contribution in [-0.2, 0) is 0 Å². The number of benzene rings is 1. The van der Waals surface area contributed by atoms with Crippen LogP contribution in [0.25, 0.3) is 0 Å². The average molecular weight is 313 g/mol. The Morgan fingerprint density at radius 3 is 2.67 bits per heavy atom. The van der Waals surface area contributed by atoms with E-state index in [1.165, 1.54) is 5.69 Å². The zero-order valence-electron chi connectivity index (χ0n) is 11.0. The van der Waals surface area contributed by atoms with E-state index in [9.17, 15) is 5.11 Å². The first-order valence-electron chi connectivity index (χ1n) is 6.41. The van der Waals surface area contributed by atoms with Crippen LogP contribution in [0.4, 0.5) is 5.69 Å². The Bertz CT molecular complexity index is 391. The second-order valence-electron chi connectivity index (χ2n) is 5.45. The first-order chi connectivity index (χ1) is 8.54. The number of halogens is 1. The molecule has 1 aliphatic rings. The van der Waals surface area contributed by atoms with Crippen molar-refractivity contribution in [2.45, 2.75) is 31.8 Å². The summed E-state index contributed by atoms with van der Waals surface area (Å²) in [6, 6.07) is 8.46. The second-order valence-corrected chi connectivity index (χ2v) is 6.37. The van der Waals surface area contributed by atoms with E-state index >= 15 is 0 Å². The quantitative estimate of drug-likeness (QED) is 0.880. The smallest absolute Gasteiger partial charge is 0.0650 e. The van der Waals surface area contributed by atoms with Crippen molar-refractivity contribution in [3.8, 4) is 0 Å². The van der Waals surface area contributed by atoms with Crippen molar-refractivity contribution in [2.24, 2.45) is 0 Å². The van der Waals surface area contributed by atoms with Crippen molar-refractivity contribution in [3.05, 3.63) is 28.7 Å². The lowest BCUT2D eigenvalue weighted by Crippen LogP contribution is -2.52. The summed E-state index contributed by atoms with van der Waals surface area (Å²) in [4.78, 5) is 2.35. The summed E-state index contributed by atoms with van der Waals surface area (Å²) >= 11 is 3.47. The predicted octanol–water partition coefficient (Wildman–Crippen LogP) is 2.39. The molecule has 0 saturated carbocycles. The maximum atomic E-state index is 9.64. The summed E-state index contributed by atoms with van der Waals surface area (Å²) in [6.45, 7) is 6.48. The molecule has 1 unspecified atom stereocenters. The number of nitrogens with one attached hydrogen (secondary N) is 1. The first kappa shape index (κ1) is 13.8. The zero-order chi connectivity index (χ0) is 13.2. The van der Waals surface area contributed by atoms with Gasteiger partial charge in [-0.25, -0.2) is 0 Å². The average Bonchev–Trinajstić information content (AvgIpc) is 2.49. The van der Waals surface area contributed by atoms with E-state index in [2.05, 4.69) is 64.3 Å². The van der Waals surface area contributed by atoms with Crippen LogP contribution in [0.3, 0.4) is 0 Å². The topological polar surface area (TPSA) is 35.5 Å². The Morgan fingerprint density at radius 1 is 1.39 bits per heavy atom. The van der Waals surface area contributed by atoms with E-state index in [0.717, 1.165) is 24.0 Å². The molecule has 0 radical (unpaired) electrons. The lowest BCUT2D eigenvalue weighted by Gasteiger charge is -2.43. The fraction of sp³-hybridized carbons (Fsp3) is 0.571. The van der Waals surface area contributed by atoms with Gasteiger partial charge in [-0.2, -0.15) is 0 Å². The summed E-state index contributed by atoms with van der Waals surface area (Å²) in [7, 11) is 0. The van der Waals surface area contributed by atoms with E-state index in [1.807, 2.05) is 0 Å². The minimum absolute atomic E-state index is 0.0464. The third kappa shape index (κ3) is 2.87. The van der Waals surface area contributed by atoms with E-state index in [0.29, 0.717) is 0 Å². The maximum absolute atomic E-state index is 9.64. The van der Waals surface area contributed by atoms with Gasteiger partial charge in [-0.1, -0.05) is 15.9 Å². The van der Waals surface area contributed by atoms with Crippen molar-refractivity contribution >= 4 is 21.6 Å². The molecular weight excluding hydrogens is 292 g/mol. The molecule has 0 bridgehead atoms. The van der Waals surface area contributed by atoms with Crippen LogP contribution in [0.5, 0.6) is 0 Å². The monoisotopic (exact) mass is 312 g/mol. The minimum atomic E-state index is 0.0464. The molecule has 2 N–H and O–H groups in total. The van der Waals surface area contributed by atoms with Gasteiger partial charge in [0.1, 0.15) is 0 Å². The third-order valence-electron chi connectivity index (χ3n) is 3.63. The zero-order valence-corrected chi connectivity index (χ0v) is 12.6. The molecule has 0 spiro atoms. The van der Waals surface area contributed by atoms with Gasteiger partial charge in [-0.3, -0.25) is 0 Å². The van der Waals surface area contributed by atoms with Crippen molar-refractivity contribution < 1.29 is 5.11 Å². The Labute approximate surface area is 117 Å². The summed E-state index contributed by atoms with van der Waals surface area (Å²) in [5, 5.41) is 13.0. The molecule has 1 aromatic rings. The van der Waals surface area contributed by atoms with Crippen molar-refractivity contribution in [3.63, 3.8) is 0 Å². The number of anilines is 1. The molecule has 1 atom stereocenters. The van der Waals surface area contributed by atoms with Crippen molar-refractivity contribution in [1.82, 2.24) is 5.32 Å². The largest absolute Gasteiger partial charge is 0.394 e. The fourth-order valence-corrected chi connectivity index (χ4v) is 2.94. The number of nitrogens with zero attached hydrogens (tertiary/aromatic N) is 1. The van der Waals surface area contributed by atoms with E-state index in [4.69, 9.17) is 0 Å². The minimum Gasteiger partial charge on any atom is -0.394 e. The normalized spacial score (nSPS) is 23.8.